The van der Waals surface area contributed by atoms with Gasteiger partial charge in [-0.15, -0.1) is 0 Å². The fourth-order valence-electron chi connectivity index (χ4n) is 1.24. The van der Waals surface area contributed by atoms with Gasteiger partial charge in [-0.3, -0.25) is 0 Å². The minimum absolute atomic E-state index is 0.413. The van der Waals surface area contributed by atoms with Crippen LogP contribution in [0.2, 0.25) is 29.4 Å². The zero-order chi connectivity index (χ0) is 10.9. The maximum absolute atomic E-state index is 6.00. The van der Waals surface area contributed by atoms with Crippen molar-refractivity contribution in [2.24, 2.45) is 0 Å². The summed E-state index contributed by atoms with van der Waals surface area (Å²) in [4.78, 5) is 0. The summed E-state index contributed by atoms with van der Waals surface area (Å²) in [5.74, 6) is 4.87. The van der Waals surface area contributed by atoms with E-state index in [1.807, 2.05) is 0 Å². The van der Waals surface area contributed by atoms with Crippen molar-refractivity contribution in [3.63, 3.8) is 0 Å². The van der Waals surface area contributed by atoms with Crippen molar-refractivity contribution in [3.05, 3.63) is 12.1 Å². The predicted octanol–water partition coefficient (Wildman–Crippen LogP) is 2.57. The predicted molar refractivity (Wildman–Crippen MR) is 68.0 cm³/mol. The van der Waals surface area contributed by atoms with E-state index in [1.165, 1.54) is 9.98 Å². The van der Waals surface area contributed by atoms with E-state index >= 15 is 0 Å². The third-order valence-corrected chi connectivity index (χ3v) is 13.7. The molecule has 0 aromatic carbocycles. The van der Waals surface area contributed by atoms with Gasteiger partial charge in [0.25, 0.3) is 0 Å². The SMILES string of the molecule is C[CH](C)[Ge]([CH3])([CH3])[c]1ccc([Si](C)C)o1. The molecular formula is C11H21GeOSi. The van der Waals surface area contributed by atoms with Crippen LogP contribution in [0.25, 0.3) is 0 Å². The molecule has 0 aliphatic carbocycles. The molecule has 1 aromatic rings. The van der Waals surface area contributed by atoms with Crippen molar-refractivity contribution >= 4 is 32.0 Å². The Kier molecular flexibility index (Phi) is 3.69. The van der Waals surface area contributed by atoms with Crippen LogP contribution < -0.4 is 9.98 Å². The first-order valence-electron chi connectivity index (χ1n) is 5.26. The van der Waals surface area contributed by atoms with Crippen LogP contribution in [0.4, 0.5) is 0 Å². The third-order valence-electron chi connectivity index (χ3n) is 3.18. The Labute approximate surface area is 91.9 Å². The standard InChI is InChI=1S/C11H21GeOSi/c1-9(2)12(3,4)10-7-8-11(13-10)14(5)6/h7-9H,1-6H3. The van der Waals surface area contributed by atoms with Crippen LogP contribution in [0.1, 0.15) is 13.8 Å². The van der Waals surface area contributed by atoms with E-state index in [9.17, 15) is 0 Å². The van der Waals surface area contributed by atoms with Crippen molar-refractivity contribution in [1.29, 1.82) is 0 Å². The van der Waals surface area contributed by atoms with Gasteiger partial charge in [0.1, 0.15) is 0 Å². The molecule has 14 heavy (non-hydrogen) atoms. The van der Waals surface area contributed by atoms with Crippen molar-refractivity contribution in [1.82, 2.24) is 0 Å². The summed E-state index contributed by atoms with van der Waals surface area (Å²) in [6, 6.07) is 4.42. The molecule has 0 atom stereocenters. The van der Waals surface area contributed by atoms with Gasteiger partial charge in [0, 0.05) is 0 Å². The summed E-state index contributed by atoms with van der Waals surface area (Å²) in [5.41, 5.74) is 0. The molecule has 0 bridgehead atoms. The van der Waals surface area contributed by atoms with Crippen LogP contribution >= 0.6 is 0 Å². The molecule has 0 unspecified atom stereocenters. The van der Waals surface area contributed by atoms with Crippen LogP contribution in [-0.4, -0.2) is 22.1 Å². The topological polar surface area (TPSA) is 13.1 Å². The van der Waals surface area contributed by atoms with E-state index in [0.29, 0.717) is 0 Å². The maximum atomic E-state index is 6.00. The van der Waals surface area contributed by atoms with Gasteiger partial charge in [-0.05, 0) is 0 Å². The summed E-state index contributed by atoms with van der Waals surface area (Å²) in [7, 11) is -0.413. The molecule has 3 heteroatoms. The molecule has 0 saturated heterocycles. The Bertz CT molecular complexity index is 302. The normalized spacial score (nSPS) is 12.9. The molecule has 0 N–H and O–H groups in total. The average molecular weight is 270 g/mol. The van der Waals surface area contributed by atoms with Crippen molar-refractivity contribution in [2.75, 3.05) is 0 Å². The second-order valence-corrected chi connectivity index (χ2v) is 18.2. The second kappa shape index (κ2) is 4.27. The van der Waals surface area contributed by atoms with E-state index in [1.54, 1.807) is 0 Å². The van der Waals surface area contributed by atoms with E-state index in [4.69, 9.17) is 4.42 Å². The molecule has 0 fully saturated rings. The van der Waals surface area contributed by atoms with Crippen molar-refractivity contribution in [2.45, 2.75) is 43.2 Å². The third kappa shape index (κ3) is 2.34. The average Bonchev–Trinajstić information content (AvgIpc) is 2.51. The first-order valence-corrected chi connectivity index (χ1v) is 14.2. The van der Waals surface area contributed by atoms with Gasteiger partial charge >= 0.3 is 91.8 Å². The molecule has 0 amide bonds. The first-order chi connectivity index (χ1) is 6.35. The fourth-order valence-corrected chi connectivity index (χ4v) is 5.23. The summed E-state index contributed by atoms with van der Waals surface area (Å²) < 4.78 is 8.11. The number of rotatable bonds is 3. The quantitative estimate of drug-likeness (QED) is 0.769. The molecule has 79 valence electrons. The van der Waals surface area contributed by atoms with Crippen LogP contribution in [0.15, 0.2) is 16.5 Å². The molecule has 0 saturated carbocycles. The molecule has 1 rings (SSSR count). The fraction of sp³-hybridized carbons (Fsp3) is 0.636. The summed E-state index contributed by atoms with van der Waals surface area (Å²) in [5, 5.41) is 1.24. The van der Waals surface area contributed by atoms with Gasteiger partial charge in [0.2, 0.25) is 0 Å². The molecule has 1 radical (unpaired) electrons. The second-order valence-electron chi connectivity index (χ2n) is 5.04. The van der Waals surface area contributed by atoms with Crippen molar-refractivity contribution < 1.29 is 4.42 Å². The van der Waals surface area contributed by atoms with Gasteiger partial charge in [-0.1, -0.05) is 0 Å². The zero-order valence-electron chi connectivity index (χ0n) is 10.1. The summed E-state index contributed by atoms with van der Waals surface area (Å²) in [6.45, 7) is 9.21. The molecule has 0 aliphatic heterocycles. The van der Waals surface area contributed by atoms with Crippen LogP contribution in [0.3, 0.4) is 0 Å². The van der Waals surface area contributed by atoms with Crippen molar-refractivity contribution in [3.8, 4) is 0 Å². The Balaban J connectivity index is 2.97. The zero-order valence-corrected chi connectivity index (χ0v) is 13.2. The number of hydrogen-bond donors (Lipinski definition) is 0. The Hall–Kier alpha value is 0.0397. The van der Waals surface area contributed by atoms with Gasteiger partial charge in [0.05, 0.1) is 0 Å². The van der Waals surface area contributed by atoms with E-state index in [-0.39, 0.29) is 0 Å². The Morgan fingerprint density at radius 1 is 1.21 bits per heavy atom. The van der Waals surface area contributed by atoms with E-state index in [0.717, 1.165) is 4.75 Å². The van der Waals surface area contributed by atoms with Crippen LogP contribution in [0.5, 0.6) is 0 Å². The molecular weight excluding hydrogens is 249 g/mol. The molecule has 1 heterocycles. The molecule has 0 aliphatic rings. The van der Waals surface area contributed by atoms with E-state index in [2.05, 4.69) is 50.6 Å². The van der Waals surface area contributed by atoms with E-state index < -0.39 is 22.1 Å². The van der Waals surface area contributed by atoms with Crippen LogP contribution in [-0.2, 0) is 0 Å². The number of furan rings is 1. The molecule has 0 spiro atoms. The Morgan fingerprint density at radius 2 is 1.79 bits per heavy atom. The summed E-state index contributed by atoms with van der Waals surface area (Å²) in [6.07, 6.45) is 0. The van der Waals surface area contributed by atoms with Gasteiger partial charge in [-0.2, -0.15) is 0 Å². The first kappa shape index (κ1) is 12.1. The molecule has 1 aromatic heterocycles. The molecule has 1 nitrogen and oxygen atoms in total. The monoisotopic (exact) mass is 271 g/mol. The van der Waals surface area contributed by atoms with Gasteiger partial charge in [0.15, 0.2) is 0 Å². The number of hydrogen-bond acceptors (Lipinski definition) is 1. The van der Waals surface area contributed by atoms with Crippen LogP contribution in [0, 0.1) is 0 Å². The van der Waals surface area contributed by atoms with Gasteiger partial charge in [-0.25, -0.2) is 0 Å². The Morgan fingerprint density at radius 3 is 2.14 bits per heavy atom. The van der Waals surface area contributed by atoms with Gasteiger partial charge < -0.3 is 0 Å². The summed E-state index contributed by atoms with van der Waals surface area (Å²) >= 11 is -1.85. The minimum atomic E-state index is -1.85.